The van der Waals surface area contributed by atoms with Crippen molar-refractivity contribution in [1.82, 2.24) is 9.62 Å². The van der Waals surface area contributed by atoms with Gasteiger partial charge >= 0.3 is 6.03 Å². The molecular weight excluding hydrogens is 238 g/mol. The van der Waals surface area contributed by atoms with Crippen molar-refractivity contribution >= 4 is 17.4 Å². The number of carbonyl (C=O) groups excluding carboxylic acids is 1. The minimum Gasteiger partial charge on any atom is -0.588 e. The first-order valence-electron chi connectivity index (χ1n) is 5.07. The number of benzene rings is 1. The van der Waals surface area contributed by atoms with Crippen molar-refractivity contribution in [3.8, 4) is 6.07 Å². The van der Waals surface area contributed by atoms with E-state index in [1.54, 1.807) is 12.1 Å². The van der Waals surface area contributed by atoms with Gasteiger partial charge in [-0.25, -0.2) is 4.79 Å². The van der Waals surface area contributed by atoms with Gasteiger partial charge in [-0.15, -0.1) is 4.72 Å². The number of urea groups is 1. The summed E-state index contributed by atoms with van der Waals surface area (Å²) in [6, 6.07) is 8.19. The molecule has 6 heteroatoms. The molecule has 1 heterocycles. The second-order valence-corrected chi connectivity index (χ2v) is 5.00. The van der Waals surface area contributed by atoms with Crippen LogP contribution in [-0.2, 0) is 11.4 Å². The fraction of sp³-hybridized carbons (Fsp3) is 0.273. The van der Waals surface area contributed by atoms with Crippen LogP contribution in [0.5, 0.6) is 0 Å². The molecule has 0 radical (unpaired) electrons. The zero-order chi connectivity index (χ0) is 12.4. The average Bonchev–Trinajstić information content (AvgIpc) is 3.09. The highest BCUT2D eigenvalue weighted by Gasteiger charge is 2.40. The lowest BCUT2D eigenvalue weighted by Gasteiger charge is -2.10. The largest absolute Gasteiger partial charge is 0.588 e. The first-order valence-corrected chi connectivity index (χ1v) is 6.22. The first-order chi connectivity index (χ1) is 8.11. The molecule has 0 aromatic heterocycles. The maximum atomic E-state index is 11.8. The van der Waals surface area contributed by atoms with Crippen molar-refractivity contribution in [2.45, 2.75) is 17.9 Å². The van der Waals surface area contributed by atoms with Crippen LogP contribution in [-0.4, -0.2) is 28.1 Å². The standard InChI is InChI=1S/C11H11N3O2S/c1-8-2-4-10(5-3-8)17(16)13-11(15)14-7-9(14)6-12/h2-5,9H,7H2,1H3,(H,13,15). The first kappa shape index (κ1) is 11.8. The van der Waals surface area contributed by atoms with Gasteiger partial charge in [-0.2, -0.15) is 5.26 Å². The zero-order valence-electron chi connectivity index (χ0n) is 9.21. The average molecular weight is 249 g/mol. The molecule has 88 valence electrons. The minimum atomic E-state index is -1.57. The van der Waals surface area contributed by atoms with E-state index in [4.69, 9.17) is 5.26 Å². The van der Waals surface area contributed by atoms with Gasteiger partial charge in [-0.05, 0) is 19.1 Å². The Morgan fingerprint density at radius 3 is 2.76 bits per heavy atom. The number of aryl methyl sites for hydroxylation is 1. The molecule has 1 aromatic rings. The third-order valence-corrected chi connectivity index (χ3v) is 3.50. The van der Waals surface area contributed by atoms with Crippen LogP contribution in [0.25, 0.3) is 0 Å². The monoisotopic (exact) mass is 249 g/mol. The van der Waals surface area contributed by atoms with E-state index in [1.165, 1.54) is 4.90 Å². The van der Waals surface area contributed by atoms with Crippen LogP contribution in [0.3, 0.4) is 0 Å². The fourth-order valence-corrected chi connectivity index (χ4v) is 2.11. The van der Waals surface area contributed by atoms with Crippen LogP contribution in [0.4, 0.5) is 4.79 Å². The van der Waals surface area contributed by atoms with E-state index in [2.05, 4.69) is 4.72 Å². The van der Waals surface area contributed by atoms with Crippen LogP contribution in [0.1, 0.15) is 5.56 Å². The topological polar surface area (TPSA) is 79.0 Å². The summed E-state index contributed by atoms with van der Waals surface area (Å²) in [6.07, 6.45) is 0. The molecule has 0 spiro atoms. The van der Waals surface area contributed by atoms with Crippen molar-refractivity contribution in [2.75, 3.05) is 6.54 Å². The van der Waals surface area contributed by atoms with Crippen LogP contribution < -0.4 is 4.72 Å². The fourth-order valence-electron chi connectivity index (χ4n) is 1.33. The van der Waals surface area contributed by atoms with Crippen LogP contribution in [0.15, 0.2) is 29.2 Å². The predicted octanol–water partition coefficient (Wildman–Crippen LogP) is 0.935. The normalized spacial score (nSPS) is 19.4. The molecule has 1 saturated heterocycles. The van der Waals surface area contributed by atoms with Crippen LogP contribution in [0, 0.1) is 18.3 Å². The molecule has 0 bridgehead atoms. The molecule has 1 N–H and O–H groups in total. The number of rotatable bonds is 2. The summed E-state index contributed by atoms with van der Waals surface area (Å²) in [6.45, 7) is 2.34. The Morgan fingerprint density at radius 1 is 1.59 bits per heavy atom. The highest BCUT2D eigenvalue weighted by molar-refractivity contribution is 7.90. The maximum Gasteiger partial charge on any atom is 0.360 e. The molecule has 2 unspecified atom stereocenters. The van der Waals surface area contributed by atoms with Crippen molar-refractivity contribution in [3.05, 3.63) is 29.8 Å². The van der Waals surface area contributed by atoms with E-state index < -0.39 is 17.4 Å². The lowest BCUT2D eigenvalue weighted by atomic mass is 10.2. The molecule has 2 amide bonds. The molecule has 17 heavy (non-hydrogen) atoms. The van der Waals surface area contributed by atoms with Gasteiger partial charge in [-0.1, -0.05) is 17.7 Å². The Balaban J connectivity index is 1.93. The van der Waals surface area contributed by atoms with Gasteiger partial charge in [-0.3, -0.25) is 0 Å². The lowest BCUT2D eigenvalue weighted by Crippen LogP contribution is -2.34. The predicted molar refractivity (Wildman–Crippen MR) is 62.2 cm³/mol. The summed E-state index contributed by atoms with van der Waals surface area (Å²) in [5, 5.41) is 8.56. The molecule has 1 aliphatic heterocycles. The molecule has 1 aromatic carbocycles. The molecular formula is C11H11N3O2S. The summed E-state index contributed by atoms with van der Waals surface area (Å²) >= 11 is -1.57. The quantitative estimate of drug-likeness (QED) is 0.625. The SMILES string of the molecule is Cc1ccc([S+]([O-])NC(=O)N2CC2C#N)cc1. The summed E-state index contributed by atoms with van der Waals surface area (Å²) in [7, 11) is 0. The number of nitriles is 1. The highest BCUT2D eigenvalue weighted by atomic mass is 32.2. The molecule has 0 saturated carbocycles. The molecule has 0 aliphatic carbocycles. The van der Waals surface area contributed by atoms with Gasteiger partial charge in [0.15, 0.2) is 4.90 Å². The summed E-state index contributed by atoms with van der Waals surface area (Å²) in [4.78, 5) is 13.4. The van der Waals surface area contributed by atoms with Crippen molar-refractivity contribution in [2.24, 2.45) is 0 Å². The Hall–Kier alpha value is -1.71. The number of amides is 2. The minimum absolute atomic E-state index is 0.370. The second-order valence-electron chi connectivity index (χ2n) is 3.79. The molecule has 2 atom stereocenters. The summed E-state index contributed by atoms with van der Waals surface area (Å²) in [5.41, 5.74) is 1.06. The second kappa shape index (κ2) is 4.65. The number of nitrogens with zero attached hydrogens (tertiary/aromatic N) is 2. The third kappa shape index (κ3) is 2.70. The van der Waals surface area contributed by atoms with Gasteiger partial charge in [0.05, 0.1) is 12.6 Å². The number of carbonyl (C=O) groups is 1. The smallest absolute Gasteiger partial charge is 0.360 e. The number of hydrogen-bond acceptors (Lipinski definition) is 3. The lowest BCUT2D eigenvalue weighted by molar-refractivity contribution is 0.234. The van der Waals surface area contributed by atoms with E-state index in [-0.39, 0.29) is 6.04 Å². The zero-order valence-corrected chi connectivity index (χ0v) is 10.0. The van der Waals surface area contributed by atoms with Crippen LogP contribution in [0.2, 0.25) is 0 Å². The van der Waals surface area contributed by atoms with E-state index in [9.17, 15) is 9.35 Å². The maximum absolute atomic E-state index is 11.8. The van der Waals surface area contributed by atoms with E-state index in [1.807, 2.05) is 25.1 Å². The van der Waals surface area contributed by atoms with Gasteiger partial charge in [0.2, 0.25) is 0 Å². The van der Waals surface area contributed by atoms with Crippen molar-refractivity contribution in [3.63, 3.8) is 0 Å². The van der Waals surface area contributed by atoms with Gasteiger partial charge in [0.1, 0.15) is 17.4 Å². The van der Waals surface area contributed by atoms with E-state index in [0.717, 1.165) is 5.56 Å². The number of nitrogens with one attached hydrogen (secondary N) is 1. The Labute approximate surface area is 102 Å². The molecule has 5 nitrogen and oxygen atoms in total. The number of hydrogen-bond donors (Lipinski definition) is 1. The Morgan fingerprint density at radius 2 is 2.24 bits per heavy atom. The van der Waals surface area contributed by atoms with Gasteiger partial charge in [0, 0.05) is 0 Å². The van der Waals surface area contributed by atoms with Crippen LogP contribution >= 0.6 is 0 Å². The third-order valence-electron chi connectivity index (χ3n) is 2.44. The highest BCUT2D eigenvalue weighted by Crippen LogP contribution is 2.17. The molecule has 1 fully saturated rings. The molecule has 1 aliphatic rings. The van der Waals surface area contributed by atoms with Gasteiger partial charge in [0.25, 0.3) is 0 Å². The van der Waals surface area contributed by atoms with Gasteiger partial charge < -0.3 is 9.45 Å². The van der Waals surface area contributed by atoms with E-state index >= 15 is 0 Å². The summed E-state index contributed by atoms with van der Waals surface area (Å²) in [5.74, 6) is 0. The summed E-state index contributed by atoms with van der Waals surface area (Å²) < 4.78 is 14.1. The van der Waals surface area contributed by atoms with Crippen molar-refractivity contribution < 1.29 is 9.35 Å². The van der Waals surface area contributed by atoms with Crippen molar-refractivity contribution in [1.29, 1.82) is 5.26 Å². The Bertz CT molecular complexity index is 469. The Kier molecular flexibility index (Phi) is 3.22. The molecule has 2 rings (SSSR count). The van der Waals surface area contributed by atoms with E-state index in [0.29, 0.717) is 11.4 Å².